The fourth-order valence-corrected chi connectivity index (χ4v) is 1.97. The zero-order chi connectivity index (χ0) is 11.2. The molecule has 0 amide bonds. The van der Waals surface area contributed by atoms with Gasteiger partial charge in [0.25, 0.3) is 0 Å². The van der Waals surface area contributed by atoms with Gasteiger partial charge in [-0.05, 0) is 0 Å². The summed E-state index contributed by atoms with van der Waals surface area (Å²) in [5.74, 6) is 0.250. The monoisotopic (exact) mass is 220 g/mol. The van der Waals surface area contributed by atoms with Crippen LogP contribution in [0.5, 0.6) is 0 Å². The molecule has 0 bridgehead atoms. The quantitative estimate of drug-likeness (QED) is 0.734. The van der Waals surface area contributed by atoms with Crippen LogP contribution in [0.15, 0.2) is 30.3 Å². The van der Waals surface area contributed by atoms with Crippen LogP contribution in [0.4, 0.5) is 0 Å². The summed E-state index contributed by atoms with van der Waals surface area (Å²) in [7, 11) is 0. The Bertz CT molecular complexity index is 331. The Labute approximate surface area is 96.0 Å². The van der Waals surface area contributed by atoms with E-state index in [9.17, 15) is 4.79 Å². The lowest BCUT2D eigenvalue weighted by atomic mass is 10.1. The summed E-state index contributed by atoms with van der Waals surface area (Å²) in [5.41, 5.74) is 0.829. The van der Waals surface area contributed by atoms with E-state index in [4.69, 9.17) is 4.74 Å². The van der Waals surface area contributed by atoms with Crippen LogP contribution in [0.2, 0.25) is 0 Å². The molecule has 2 rings (SSSR count). The highest BCUT2D eigenvalue weighted by Crippen LogP contribution is 2.01. The lowest BCUT2D eigenvalue weighted by Crippen LogP contribution is -3.14. The molecule has 0 spiro atoms. The molecular formula is C13H18NO2+. The molecule has 3 nitrogen and oxygen atoms in total. The second-order valence-electron chi connectivity index (χ2n) is 4.15. The van der Waals surface area contributed by atoms with Gasteiger partial charge in [-0.2, -0.15) is 0 Å². The molecule has 0 unspecified atom stereocenters. The van der Waals surface area contributed by atoms with Crippen molar-refractivity contribution in [2.45, 2.75) is 6.42 Å². The topological polar surface area (TPSA) is 30.7 Å². The molecule has 1 aliphatic heterocycles. The lowest BCUT2D eigenvalue weighted by molar-refractivity contribution is -0.907. The molecule has 0 radical (unpaired) electrons. The average Bonchev–Trinajstić information content (AvgIpc) is 2.38. The number of hydrogen-bond donors (Lipinski definition) is 1. The van der Waals surface area contributed by atoms with E-state index in [0.717, 1.165) is 38.4 Å². The minimum Gasteiger partial charge on any atom is -0.370 e. The van der Waals surface area contributed by atoms with Crippen molar-refractivity contribution in [3.8, 4) is 0 Å². The summed E-state index contributed by atoms with van der Waals surface area (Å²) in [4.78, 5) is 13.3. The minimum atomic E-state index is 0.250. The predicted molar refractivity (Wildman–Crippen MR) is 61.8 cm³/mol. The number of ketones is 1. The van der Waals surface area contributed by atoms with E-state index in [-0.39, 0.29) is 5.78 Å². The van der Waals surface area contributed by atoms with Gasteiger partial charge in [-0.3, -0.25) is 4.79 Å². The van der Waals surface area contributed by atoms with Crippen LogP contribution in [0.3, 0.4) is 0 Å². The van der Waals surface area contributed by atoms with E-state index in [2.05, 4.69) is 0 Å². The Morgan fingerprint density at radius 3 is 2.56 bits per heavy atom. The first-order valence-corrected chi connectivity index (χ1v) is 5.86. The third-order valence-electron chi connectivity index (χ3n) is 3.00. The highest BCUT2D eigenvalue weighted by molar-refractivity contribution is 5.95. The molecule has 0 atom stereocenters. The summed E-state index contributed by atoms with van der Waals surface area (Å²) >= 11 is 0. The largest absolute Gasteiger partial charge is 0.370 e. The van der Waals surface area contributed by atoms with E-state index >= 15 is 0 Å². The van der Waals surface area contributed by atoms with Crippen LogP contribution in [-0.2, 0) is 4.74 Å². The van der Waals surface area contributed by atoms with Gasteiger partial charge in [-0.1, -0.05) is 30.3 Å². The number of rotatable bonds is 4. The van der Waals surface area contributed by atoms with Crippen LogP contribution < -0.4 is 4.90 Å². The Hall–Kier alpha value is -1.19. The van der Waals surface area contributed by atoms with Crippen molar-refractivity contribution >= 4 is 5.78 Å². The number of benzene rings is 1. The molecule has 1 fully saturated rings. The van der Waals surface area contributed by atoms with Crippen molar-refractivity contribution in [1.82, 2.24) is 0 Å². The standard InChI is InChI=1S/C13H17NO2/c15-13(12-4-2-1-3-5-12)6-7-14-8-10-16-11-9-14/h1-5H,6-11H2/p+1. The number of Topliss-reactive ketones (excluding diaryl/α,β-unsaturated/α-hetero) is 1. The first kappa shape index (κ1) is 11.3. The fraction of sp³-hybridized carbons (Fsp3) is 0.462. The SMILES string of the molecule is O=C(CC[NH+]1CCOCC1)c1ccccc1. The molecule has 16 heavy (non-hydrogen) atoms. The van der Waals surface area contributed by atoms with Crippen molar-refractivity contribution in [2.75, 3.05) is 32.8 Å². The first-order valence-electron chi connectivity index (χ1n) is 5.86. The zero-order valence-electron chi connectivity index (χ0n) is 9.45. The van der Waals surface area contributed by atoms with Crippen molar-refractivity contribution in [3.63, 3.8) is 0 Å². The number of quaternary nitrogens is 1. The van der Waals surface area contributed by atoms with Crippen LogP contribution in [-0.4, -0.2) is 38.6 Å². The maximum absolute atomic E-state index is 11.8. The maximum atomic E-state index is 11.8. The maximum Gasteiger partial charge on any atom is 0.168 e. The normalized spacial score (nSPS) is 17.2. The van der Waals surface area contributed by atoms with Crippen molar-refractivity contribution in [1.29, 1.82) is 0 Å². The summed E-state index contributed by atoms with van der Waals surface area (Å²) in [5, 5.41) is 0. The molecule has 0 saturated carbocycles. The van der Waals surface area contributed by atoms with Gasteiger partial charge in [-0.15, -0.1) is 0 Å². The Morgan fingerprint density at radius 1 is 1.19 bits per heavy atom. The van der Waals surface area contributed by atoms with Crippen molar-refractivity contribution < 1.29 is 14.4 Å². The smallest absolute Gasteiger partial charge is 0.168 e. The van der Waals surface area contributed by atoms with Crippen LogP contribution in [0.1, 0.15) is 16.8 Å². The Balaban J connectivity index is 1.79. The van der Waals surface area contributed by atoms with Crippen LogP contribution >= 0.6 is 0 Å². The summed E-state index contributed by atoms with van der Waals surface area (Å²) in [6, 6.07) is 9.53. The zero-order valence-corrected chi connectivity index (χ0v) is 9.45. The number of carbonyl (C=O) groups excluding carboxylic acids is 1. The van der Waals surface area contributed by atoms with Gasteiger partial charge in [0.1, 0.15) is 13.1 Å². The highest BCUT2D eigenvalue weighted by atomic mass is 16.5. The van der Waals surface area contributed by atoms with Gasteiger partial charge in [0.15, 0.2) is 5.78 Å². The predicted octanol–water partition coefficient (Wildman–Crippen LogP) is 0.175. The van der Waals surface area contributed by atoms with Gasteiger partial charge in [-0.25, -0.2) is 0 Å². The Morgan fingerprint density at radius 2 is 1.88 bits per heavy atom. The van der Waals surface area contributed by atoms with E-state index in [1.807, 2.05) is 30.3 Å². The summed E-state index contributed by atoms with van der Waals surface area (Å²) < 4.78 is 5.29. The molecule has 86 valence electrons. The molecule has 1 aromatic carbocycles. The van der Waals surface area contributed by atoms with Crippen molar-refractivity contribution in [2.24, 2.45) is 0 Å². The number of morpholine rings is 1. The second-order valence-corrected chi connectivity index (χ2v) is 4.15. The number of hydrogen-bond acceptors (Lipinski definition) is 2. The Kier molecular flexibility index (Phi) is 4.08. The van der Waals surface area contributed by atoms with Crippen LogP contribution in [0, 0.1) is 0 Å². The number of ether oxygens (including phenoxy) is 1. The highest BCUT2D eigenvalue weighted by Gasteiger charge is 2.15. The molecule has 0 aromatic heterocycles. The molecule has 1 aromatic rings. The third kappa shape index (κ3) is 3.15. The van der Waals surface area contributed by atoms with Gasteiger partial charge >= 0.3 is 0 Å². The third-order valence-corrected chi connectivity index (χ3v) is 3.00. The molecule has 1 aliphatic rings. The summed E-state index contributed by atoms with van der Waals surface area (Å²) in [6.07, 6.45) is 0.638. The number of nitrogens with one attached hydrogen (secondary N) is 1. The molecular weight excluding hydrogens is 202 g/mol. The van der Waals surface area contributed by atoms with Gasteiger partial charge in [0.05, 0.1) is 26.2 Å². The molecule has 0 aliphatic carbocycles. The molecule has 1 heterocycles. The minimum absolute atomic E-state index is 0.250. The first-order chi connectivity index (χ1) is 7.86. The van der Waals surface area contributed by atoms with E-state index < -0.39 is 0 Å². The van der Waals surface area contributed by atoms with Gasteiger partial charge in [0.2, 0.25) is 0 Å². The second kappa shape index (κ2) is 5.77. The summed E-state index contributed by atoms with van der Waals surface area (Å²) in [6.45, 7) is 4.64. The van der Waals surface area contributed by atoms with E-state index in [1.54, 1.807) is 0 Å². The van der Waals surface area contributed by atoms with E-state index in [1.165, 1.54) is 4.90 Å². The van der Waals surface area contributed by atoms with Gasteiger partial charge < -0.3 is 9.64 Å². The molecule has 3 heteroatoms. The van der Waals surface area contributed by atoms with Crippen LogP contribution in [0.25, 0.3) is 0 Å². The fourth-order valence-electron chi connectivity index (χ4n) is 1.97. The van der Waals surface area contributed by atoms with E-state index in [0.29, 0.717) is 6.42 Å². The molecule has 1 N–H and O–H groups in total. The van der Waals surface area contributed by atoms with Crippen molar-refractivity contribution in [3.05, 3.63) is 35.9 Å². The number of carbonyl (C=O) groups is 1. The average molecular weight is 220 g/mol. The lowest BCUT2D eigenvalue weighted by Gasteiger charge is -2.23. The van der Waals surface area contributed by atoms with Gasteiger partial charge in [0, 0.05) is 5.56 Å². The molecule has 1 saturated heterocycles.